The Kier molecular flexibility index (Phi) is 5.12. The van der Waals surface area contributed by atoms with Crippen molar-refractivity contribution in [1.82, 2.24) is 36.0 Å². The molecule has 2 saturated heterocycles. The predicted molar refractivity (Wildman–Crippen MR) is 113 cm³/mol. The van der Waals surface area contributed by atoms with E-state index in [4.69, 9.17) is 5.73 Å². The standard InChI is InChI=1S/C16H22N10O4S2/c17-15(27)10-8-26(6-5-19-10)11-1-2-12-14(13(11)16-20-23-24-21-16)32(29,30)25-31(12,28)22-9-3-4-18-7-9/h1-2,9-10,18-19H,3-8H2,(H2,17,27)(H,22,25,28)(H,20,21,23,24)/t9-,10+,31?/m1/s1. The van der Waals surface area contributed by atoms with E-state index in [0.717, 1.165) is 6.54 Å². The summed E-state index contributed by atoms with van der Waals surface area (Å²) in [4.78, 5) is 13.4. The number of benzene rings is 1. The van der Waals surface area contributed by atoms with Crippen LogP contribution in [0.15, 0.2) is 25.7 Å². The average molecular weight is 483 g/mol. The number of rotatable bonds is 5. The highest BCUT2D eigenvalue weighted by Crippen LogP contribution is 2.43. The first-order valence-electron chi connectivity index (χ1n) is 9.98. The number of aromatic amines is 1. The number of carbonyl (C=O) groups excluding carboxylic acids is 1. The Morgan fingerprint density at radius 3 is 2.78 bits per heavy atom. The number of nitrogens with zero attached hydrogens (tertiary/aromatic N) is 5. The second kappa shape index (κ2) is 7.73. The van der Waals surface area contributed by atoms with Crippen molar-refractivity contribution in [1.29, 1.82) is 0 Å². The lowest BCUT2D eigenvalue weighted by molar-refractivity contribution is -0.120. The van der Waals surface area contributed by atoms with Crippen molar-refractivity contribution >= 4 is 31.5 Å². The van der Waals surface area contributed by atoms with Gasteiger partial charge in [-0.15, -0.1) is 10.2 Å². The molecule has 0 bridgehead atoms. The lowest BCUT2D eigenvalue weighted by Crippen LogP contribution is -2.56. The Morgan fingerprint density at radius 1 is 1.25 bits per heavy atom. The highest BCUT2D eigenvalue weighted by Gasteiger charge is 2.41. The Balaban J connectivity index is 1.67. The third-order valence-corrected chi connectivity index (χ3v) is 9.96. The topological polar surface area (TPSA) is 200 Å². The first-order chi connectivity index (χ1) is 15.3. The van der Waals surface area contributed by atoms with Crippen LogP contribution in [0.1, 0.15) is 6.42 Å². The molecule has 3 aliphatic heterocycles. The Labute approximate surface area is 184 Å². The van der Waals surface area contributed by atoms with E-state index >= 15 is 0 Å². The normalized spacial score (nSPS) is 28.9. The van der Waals surface area contributed by atoms with Crippen LogP contribution in [0.4, 0.5) is 5.69 Å². The second-order valence-electron chi connectivity index (χ2n) is 7.76. The molecule has 1 unspecified atom stereocenters. The van der Waals surface area contributed by atoms with E-state index in [1.54, 1.807) is 6.07 Å². The molecule has 0 spiro atoms. The van der Waals surface area contributed by atoms with Gasteiger partial charge in [-0.3, -0.25) is 4.79 Å². The molecule has 2 aromatic rings. The molecule has 0 radical (unpaired) electrons. The van der Waals surface area contributed by atoms with E-state index in [0.29, 0.717) is 31.7 Å². The minimum absolute atomic E-state index is 0.0240. The number of piperazine rings is 1. The van der Waals surface area contributed by atoms with E-state index in [2.05, 4.69) is 39.7 Å². The molecule has 2 fully saturated rings. The van der Waals surface area contributed by atoms with Crippen LogP contribution >= 0.6 is 0 Å². The summed E-state index contributed by atoms with van der Waals surface area (Å²) in [5.41, 5.74) is 6.06. The molecule has 1 aromatic heterocycles. The van der Waals surface area contributed by atoms with Crippen molar-refractivity contribution in [3.05, 3.63) is 12.1 Å². The summed E-state index contributed by atoms with van der Waals surface area (Å²) >= 11 is 0. The van der Waals surface area contributed by atoms with Crippen LogP contribution in [0.2, 0.25) is 0 Å². The number of carbonyl (C=O) groups is 1. The molecule has 3 atom stereocenters. The molecular formula is C16H22N10O4S2. The van der Waals surface area contributed by atoms with Crippen molar-refractivity contribution < 1.29 is 17.4 Å². The van der Waals surface area contributed by atoms with Crippen LogP contribution in [0.5, 0.6) is 0 Å². The Hall–Kier alpha value is -2.66. The molecule has 172 valence electrons. The molecule has 6 N–H and O–H groups in total. The van der Waals surface area contributed by atoms with Gasteiger partial charge in [-0.05, 0) is 30.3 Å². The number of fused-ring (bicyclic) bond motifs is 1. The zero-order valence-corrected chi connectivity index (χ0v) is 18.4. The van der Waals surface area contributed by atoms with Gasteiger partial charge in [0.25, 0.3) is 10.0 Å². The van der Waals surface area contributed by atoms with Crippen LogP contribution in [0.25, 0.3) is 11.4 Å². The van der Waals surface area contributed by atoms with Crippen LogP contribution in [-0.4, -0.2) is 84.0 Å². The zero-order valence-electron chi connectivity index (χ0n) is 16.8. The molecule has 5 rings (SSSR count). The fourth-order valence-corrected chi connectivity index (χ4v) is 8.93. The summed E-state index contributed by atoms with van der Waals surface area (Å²) in [6.45, 7) is 2.46. The summed E-state index contributed by atoms with van der Waals surface area (Å²) in [6, 6.07) is 2.36. The number of amides is 1. The number of anilines is 1. The molecule has 32 heavy (non-hydrogen) atoms. The third kappa shape index (κ3) is 3.53. The number of nitrogens with two attached hydrogens (primary N) is 1. The molecule has 1 amide bonds. The van der Waals surface area contributed by atoms with Gasteiger partial charge in [0.2, 0.25) is 11.7 Å². The summed E-state index contributed by atoms with van der Waals surface area (Å²) in [5, 5.41) is 20.0. The maximum absolute atomic E-state index is 13.7. The van der Waals surface area contributed by atoms with Gasteiger partial charge in [-0.25, -0.2) is 8.93 Å². The Bertz CT molecular complexity index is 1280. The van der Waals surface area contributed by atoms with Gasteiger partial charge in [0.05, 0.1) is 10.5 Å². The SMILES string of the molecule is NC(=O)[C@@H]1CN(c2ccc3c(c2-c2nn[nH]n2)S(=O)(=O)N=S3(=O)N[C@@H]2CCNC2)CCN1. The first-order valence-corrected chi connectivity index (χ1v) is 12.9. The number of sulfonamides is 1. The van der Waals surface area contributed by atoms with E-state index in [1.165, 1.54) is 6.07 Å². The predicted octanol–water partition coefficient (Wildman–Crippen LogP) is -2.47. The highest BCUT2D eigenvalue weighted by molar-refractivity contribution is 8.05. The van der Waals surface area contributed by atoms with Crippen molar-refractivity contribution in [2.45, 2.75) is 28.3 Å². The van der Waals surface area contributed by atoms with E-state index in [1.807, 2.05) is 4.90 Å². The lowest BCUT2D eigenvalue weighted by atomic mass is 10.1. The van der Waals surface area contributed by atoms with Gasteiger partial charge < -0.3 is 21.3 Å². The lowest BCUT2D eigenvalue weighted by Gasteiger charge is -2.35. The molecule has 1 aromatic carbocycles. The van der Waals surface area contributed by atoms with Gasteiger partial charge in [0.15, 0.2) is 9.92 Å². The van der Waals surface area contributed by atoms with Gasteiger partial charge in [-0.2, -0.15) is 13.6 Å². The zero-order chi connectivity index (χ0) is 22.5. The van der Waals surface area contributed by atoms with Crippen molar-refractivity contribution in [2.75, 3.05) is 37.6 Å². The molecule has 4 heterocycles. The molecular weight excluding hydrogens is 460 g/mol. The minimum Gasteiger partial charge on any atom is -0.368 e. The maximum Gasteiger partial charge on any atom is 0.293 e. The second-order valence-corrected chi connectivity index (χ2v) is 11.4. The van der Waals surface area contributed by atoms with Gasteiger partial charge in [0, 0.05) is 37.9 Å². The molecule has 14 nitrogen and oxygen atoms in total. The number of tetrazole rings is 1. The third-order valence-electron chi connectivity index (χ3n) is 5.67. The molecule has 16 heteroatoms. The fraction of sp³-hybridized carbons (Fsp3) is 0.500. The largest absolute Gasteiger partial charge is 0.368 e. The average Bonchev–Trinajstić information content (AvgIpc) is 3.49. The van der Waals surface area contributed by atoms with Crippen molar-refractivity contribution in [3.8, 4) is 11.4 Å². The number of primary amides is 1. The van der Waals surface area contributed by atoms with Crippen molar-refractivity contribution in [3.63, 3.8) is 0 Å². The number of H-pyrrole nitrogens is 1. The minimum atomic E-state index is -4.29. The van der Waals surface area contributed by atoms with E-state index in [9.17, 15) is 17.4 Å². The number of hydrogen-bond donors (Lipinski definition) is 5. The van der Waals surface area contributed by atoms with Crippen LogP contribution in [0, 0.1) is 0 Å². The van der Waals surface area contributed by atoms with Gasteiger partial charge in [0.1, 0.15) is 10.9 Å². The monoisotopic (exact) mass is 482 g/mol. The van der Waals surface area contributed by atoms with Crippen LogP contribution in [0.3, 0.4) is 0 Å². The van der Waals surface area contributed by atoms with Crippen molar-refractivity contribution in [2.24, 2.45) is 9.50 Å². The number of hydrogen-bond acceptors (Lipinski definition) is 10. The molecule has 0 aliphatic carbocycles. The Morgan fingerprint density at radius 2 is 2.09 bits per heavy atom. The summed E-state index contributed by atoms with van der Waals surface area (Å²) in [6.07, 6.45) is 0.701. The van der Waals surface area contributed by atoms with E-state index < -0.39 is 31.9 Å². The summed E-state index contributed by atoms with van der Waals surface area (Å²) in [5.74, 6) is -0.493. The molecule has 0 saturated carbocycles. The highest BCUT2D eigenvalue weighted by atomic mass is 32.3. The quantitative estimate of drug-likeness (QED) is 0.304. The summed E-state index contributed by atoms with van der Waals surface area (Å²) < 4.78 is 46.7. The first kappa shape index (κ1) is 21.2. The summed E-state index contributed by atoms with van der Waals surface area (Å²) in [7, 11) is -7.73. The smallest absolute Gasteiger partial charge is 0.293 e. The van der Waals surface area contributed by atoms with Gasteiger partial charge in [-0.1, -0.05) is 3.77 Å². The number of nitrogens with one attached hydrogen (secondary N) is 4. The number of aromatic nitrogens is 4. The van der Waals surface area contributed by atoms with E-state index in [-0.39, 0.29) is 33.8 Å². The molecule has 3 aliphatic rings. The van der Waals surface area contributed by atoms with Gasteiger partial charge >= 0.3 is 0 Å². The van der Waals surface area contributed by atoms with Crippen LogP contribution < -0.4 is 26.0 Å². The van der Waals surface area contributed by atoms with Crippen LogP contribution in [-0.2, 0) is 24.7 Å². The maximum atomic E-state index is 13.7. The fourth-order valence-electron chi connectivity index (χ4n) is 4.22.